The van der Waals surface area contributed by atoms with E-state index < -0.39 is 5.69 Å². The number of aliphatic hydroxyl groups is 1. The third kappa shape index (κ3) is 3.97. The molecule has 0 amide bonds. The normalized spacial score (nSPS) is 15.9. The predicted molar refractivity (Wildman–Crippen MR) is 95.3 cm³/mol. The van der Waals surface area contributed by atoms with Crippen molar-refractivity contribution in [3.8, 4) is 0 Å². The van der Waals surface area contributed by atoms with Gasteiger partial charge in [-0.2, -0.15) is 0 Å². The van der Waals surface area contributed by atoms with Crippen LogP contribution in [0.5, 0.6) is 0 Å². The Hall–Kier alpha value is -1.62. The predicted octanol–water partition coefficient (Wildman–Crippen LogP) is -0.770. The fourth-order valence-corrected chi connectivity index (χ4v) is 3.68. The lowest BCUT2D eigenvalue weighted by molar-refractivity contribution is 0.0410. The SMILES string of the molecule is Cn1c(=O)c2[nH]c(SCCN3CCOCC3)nc2n(CCCO)c1=O. The molecule has 0 unspecified atom stereocenters. The molecule has 0 aromatic carbocycles. The first kappa shape index (κ1) is 18.2. The first-order chi connectivity index (χ1) is 12.1. The van der Waals surface area contributed by atoms with Crippen LogP contribution < -0.4 is 11.2 Å². The molecule has 0 saturated carbocycles. The highest BCUT2D eigenvalue weighted by atomic mass is 32.2. The Bertz CT molecular complexity index is 837. The average molecular weight is 369 g/mol. The van der Waals surface area contributed by atoms with E-state index in [0.717, 1.165) is 43.2 Å². The van der Waals surface area contributed by atoms with Crippen LogP contribution in [-0.4, -0.2) is 74.3 Å². The van der Waals surface area contributed by atoms with Crippen molar-refractivity contribution in [1.29, 1.82) is 0 Å². The zero-order chi connectivity index (χ0) is 17.8. The maximum atomic E-state index is 12.3. The lowest BCUT2D eigenvalue weighted by Gasteiger charge is -2.26. The number of nitrogens with one attached hydrogen (secondary N) is 1. The van der Waals surface area contributed by atoms with Crippen LogP contribution in [0.2, 0.25) is 0 Å². The molecule has 138 valence electrons. The van der Waals surface area contributed by atoms with Crippen molar-refractivity contribution in [2.75, 3.05) is 45.2 Å². The molecule has 0 aliphatic carbocycles. The second kappa shape index (κ2) is 8.17. The van der Waals surface area contributed by atoms with E-state index >= 15 is 0 Å². The van der Waals surface area contributed by atoms with Crippen molar-refractivity contribution >= 4 is 22.9 Å². The van der Waals surface area contributed by atoms with Crippen LogP contribution in [0.1, 0.15) is 6.42 Å². The van der Waals surface area contributed by atoms with Crippen LogP contribution in [0.15, 0.2) is 14.7 Å². The van der Waals surface area contributed by atoms with Crippen molar-refractivity contribution < 1.29 is 9.84 Å². The zero-order valence-corrected chi connectivity index (χ0v) is 15.0. The number of hydrogen-bond acceptors (Lipinski definition) is 7. The molecule has 0 spiro atoms. The molecule has 3 rings (SSSR count). The summed E-state index contributed by atoms with van der Waals surface area (Å²) in [5, 5.41) is 9.66. The van der Waals surface area contributed by atoms with E-state index in [1.54, 1.807) is 0 Å². The number of morpholine rings is 1. The van der Waals surface area contributed by atoms with Gasteiger partial charge in [0.05, 0.1) is 13.2 Å². The minimum Gasteiger partial charge on any atom is -0.396 e. The number of ether oxygens (including phenoxy) is 1. The van der Waals surface area contributed by atoms with Gasteiger partial charge in [-0.15, -0.1) is 0 Å². The molecule has 2 aromatic heterocycles. The molecule has 10 heteroatoms. The van der Waals surface area contributed by atoms with Crippen LogP contribution in [0, 0.1) is 0 Å². The number of thioether (sulfide) groups is 1. The van der Waals surface area contributed by atoms with Gasteiger partial charge in [-0.05, 0) is 6.42 Å². The lowest BCUT2D eigenvalue weighted by atomic mass is 10.4. The van der Waals surface area contributed by atoms with Crippen LogP contribution in [0.4, 0.5) is 0 Å². The lowest BCUT2D eigenvalue weighted by Crippen LogP contribution is -2.38. The highest BCUT2D eigenvalue weighted by molar-refractivity contribution is 7.99. The summed E-state index contributed by atoms with van der Waals surface area (Å²) < 4.78 is 7.84. The molecule has 25 heavy (non-hydrogen) atoms. The van der Waals surface area contributed by atoms with Gasteiger partial charge < -0.3 is 14.8 Å². The van der Waals surface area contributed by atoms with Gasteiger partial charge >= 0.3 is 5.69 Å². The number of aromatic amines is 1. The fourth-order valence-electron chi connectivity index (χ4n) is 2.81. The molecule has 0 radical (unpaired) electrons. The number of hydrogen-bond donors (Lipinski definition) is 2. The van der Waals surface area contributed by atoms with Gasteiger partial charge in [0.25, 0.3) is 5.56 Å². The van der Waals surface area contributed by atoms with E-state index in [1.807, 2.05) is 0 Å². The minimum absolute atomic E-state index is 0.0254. The van der Waals surface area contributed by atoms with Gasteiger partial charge in [-0.1, -0.05) is 11.8 Å². The van der Waals surface area contributed by atoms with E-state index in [1.165, 1.54) is 23.4 Å². The maximum Gasteiger partial charge on any atom is 0.332 e. The molecule has 3 heterocycles. The Balaban J connectivity index is 1.79. The molecular formula is C15H23N5O4S. The second-order valence-corrected chi connectivity index (χ2v) is 7.00. The third-order valence-corrected chi connectivity index (χ3v) is 5.10. The molecule has 1 fully saturated rings. The van der Waals surface area contributed by atoms with Gasteiger partial charge in [0.2, 0.25) is 0 Å². The van der Waals surface area contributed by atoms with Crippen molar-refractivity contribution in [3.05, 3.63) is 20.8 Å². The van der Waals surface area contributed by atoms with Crippen LogP contribution in [0.25, 0.3) is 11.2 Å². The Labute approximate surface area is 148 Å². The number of rotatable bonds is 7. The third-order valence-electron chi connectivity index (χ3n) is 4.24. The van der Waals surface area contributed by atoms with Crippen molar-refractivity contribution in [2.45, 2.75) is 18.1 Å². The van der Waals surface area contributed by atoms with E-state index in [-0.39, 0.29) is 12.2 Å². The molecule has 2 N–H and O–H groups in total. The van der Waals surface area contributed by atoms with Gasteiger partial charge in [0.1, 0.15) is 0 Å². The Morgan fingerprint density at radius 2 is 2.04 bits per heavy atom. The summed E-state index contributed by atoms with van der Waals surface area (Å²) in [5.41, 5.74) is -0.112. The smallest absolute Gasteiger partial charge is 0.332 e. The maximum absolute atomic E-state index is 12.3. The van der Waals surface area contributed by atoms with Crippen molar-refractivity contribution in [1.82, 2.24) is 24.0 Å². The Morgan fingerprint density at radius 1 is 1.28 bits per heavy atom. The molecule has 0 atom stereocenters. The Kier molecular flexibility index (Phi) is 5.94. The summed E-state index contributed by atoms with van der Waals surface area (Å²) in [5.74, 6) is 0.834. The van der Waals surface area contributed by atoms with E-state index in [9.17, 15) is 9.59 Å². The highest BCUT2D eigenvalue weighted by Gasteiger charge is 2.16. The molecule has 1 saturated heterocycles. The molecular weight excluding hydrogens is 346 g/mol. The van der Waals surface area contributed by atoms with Gasteiger partial charge in [-0.3, -0.25) is 18.8 Å². The van der Waals surface area contributed by atoms with Gasteiger partial charge in [-0.25, -0.2) is 9.78 Å². The van der Waals surface area contributed by atoms with Gasteiger partial charge in [0, 0.05) is 45.6 Å². The number of nitrogens with zero attached hydrogens (tertiary/aromatic N) is 4. The highest BCUT2D eigenvalue weighted by Crippen LogP contribution is 2.17. The first-order valence-electron chi connectivity index (χ1n) is 8.35. The molecule has 9 nitrogen and oxygen atoms in total. The van der Waals surface area contributed by atoms with Crippen LogP contribution >= 0.6 is 11.8 Å². The van der Waals surface area contributed by atoms with E-state index in [0.29, 0.717) is 29.3 Å². The van der Waals surface area contributed by atoms with Crippen LogP contribution in [-0.2, 0) is 18.3 Å². The molecule has 1 aliphatic rings. The minimum atomic E-state index is -0.415. The Morgan fingerprint density at radius 3 is 2.76 bits per heavy atom. The quantitative estimate of drug-likeness (QED) is 0.618. The summed E-state index contributed by atoms with van der Waals surface area (Å²) in [6.45, 7) is 4.61. The summed E-state index contributed by atoms with van der Waals surface area (Å²) >= 11 is 1.53. The zero-order valence-electron chi connectivity index (χ0n) is 14.2. The van der Waals surface area contributed by atoms with Crippen molar-refractivity contribution in [2.24, 2.45) is 7.05 Å². The monoisotopic (exact) mass is 369 g/mol. The summed E-state index contributed by atoms with van der Waals surface area (Å²) in [6.07, 6.45) is 0.430. The topological polar surface area (TPSA) is 105 Å². The molecule has 0 bridgehead atoms. The number of aryl methyl sites for hydroxylation is 1. The number of aliphatic hydroxyl groups excluding tert-OH is 1. The second-order valence-electron chi connectivity index (χ2n) is 5.92. The standard InChI is InChI=1S/C15H23N5O4S/c1-18-13(22)11-12(20(15(18)23)3-2-7-21)17-14(16-11)25-10-6-19-4-8-24-9-5-19/h21H,2-10H2,1H3,(H,16,17). The number of fused-ring (bicyclic) bond motifs is 1. The summed E-state index contributed by atoms with van der Waals surface area (Å²) in [4.78, 5) is 34.4. The number of imidazole rings is 1. The molecule has 1 aliphatic heterocycles. The number of H-pyrrole nitrogens is 1. The first-order valence-corrected chi connectivity index (χ1v) is 9.33. The average Bonchev–Trinajstić information content (AvgIpc) is 3.05. The fraction of sp³-hybridized carbons (Fsp3) is 0.667. The van der Waals surface area contributed by atoms with Gasteiger partial charge in [0.15, 0.2) is 16.3 Å². The molecule has 2 aromatic rings. The van der Waals surface area contributed by atoms with E-state index in [4.69, 9.17) is 9.84 Å². The van der Waals surface area contributed by atoms with Crippen LogP contribution in [0.3, 0.4) is 0 Å². The van der Waals surface area contributed by atoms with Crippen molar-refractivity contribution in [3.63, 3.8) is 0 Å². The number of aromatic nitrogens is 4. The summed E-state index contributed by atoms with van der Waals surface area (Å²) in [6, 6.07) is 0. The largest absolute Gasteiger partial charge is 0.396 e. The van der Waals surface area contributed by atoms with E-state index in [2.05, 4.69) is 14.9 Å². The summed E-state index contributed by atoms with van der Waals surface area (Å²) in [7, 11) is 1.45.